The van der Waals surface area contributed by atoms with Gasteiger partial charge in [0.15, 0.2) is 0 Å². The third-order valence-corrected chi connectivity index (χ3v) is 6.58. The van der Waals surface area contributed by atoms with E-state index in [1.165, 1.54) is 12.1 Å². The van der Waals surface area contributed by atoms with Crippen molar-refractivity contribution in [1.29, 1.82) is 0 Å². The van der Waals surface area contributed by atoms with Gasteiger partial charge in [-0.25, -0.2) is 8.42 Å². The number of hydrogen-bond acceptors (Lipinski definition) is 4. The third-order valence-electron chi connectivity index (χ3n) is 4.79. The highest BCUT2D eigenvalue weighted by Gasteiger charge is 2.27. The first kappa shape index (κ1) is 22.4. The van der Waals surface area contributed by atoms with E-state index >= 15 is 0 Å². The Morgan fingerprint density at radius 1 is 0.935 bits per heavy atom. The van der Waals surface area contributed by atoms with Crippen LogP contribution >= 0.6 is 0 Å². The SMILES string of the molecule is CCOc1ccc(S(=O)(=O)N(CC(=O)NCc2ccccc2C)c2ccccc2)cc1. The molecule has 0 atom stereocenters. The molecular weight excluding hydrogens is 412 g/mol. The fourth-order valence-corrected chi connectivity index (χ4v) is 4.52. The lowest BCUT2D eigenvalue weighted by Gasteiger charge is -2.24. The average Bonchev–Trinajstić information content (AvgIpc) is 2.78. The largest absolute Gasteiger partial charge is 0.494 e. The van der Waals surface area contributed by atoms with Gasteiger partial charge in [-0.15, -0.1) is 0 Å². The molecule has 31 heavy (non-hydrogen) atoms. The summed E-state index contributed by atoms with van der Waals surface area (Å²) in [5.74, 6) is 0.199. The topological polar surface area (TPSA) is 75.7 Å². The first-order chi connectivity index (χ1) is 14.9. The number of carbonyl (C=O) groups excluding carboxylic acids is 1. The number of amides is 1. The van der Waals surface area contributed by atoms with E-state index in [4.69, 9.17) is 4.74 Å². The van der Waals surface area contributed by atoms with Crippen molar-refractivity contribution in [1.82, 2.24) is 5.32 Å². The number of rotatable bonds is 9. The monoisotopic (exact) mass is 438 g/mol. The summed E-state index contributed by atoms with van der Waals surface area (Å²) < 4.78 is 33.3. The molecule has 0 spiro atoms. The van der Waals surface area contributed by atoms with Gasteiger partial charge in [0.2, 0.25) is 5.91 Å². The normalized spacial score (nSPS) is 11.0. The second-order valence-electron chi connectivity index (χ2n) is 6.95. The lowest BCUT2D eigenvalue weighted by atomic mass is 10.1. The van der Waals surface area contributed by atoms with E-state index in [0.29, 0.717) is 24.6 Å². The van der Waals surface area contributed by atoms with Gasteiger partial charge in [-0.2, -0.15) is 0 Å². The number of sulfonamides is 1. The van der Waals surface area contributed by atoms with Gasteiger partial charge in [-0.3, -0.25) is 9.10 Å². The predicted octanol–water partition coefficient (Wildman–Crippen LogP) is 3.91. The summed E-state index contributed by atoms with van der Waals surface area (Å²) in [7, 11) is -3.96. The molecule has 162 valence electrons. The van der Waals surface area contributed by atoms with Crippen molar-refractivity contribution in [3.8, 4) is 5.75 Å². The van der Waals surface area contributed by atoms with Crippen molar-refractivity contribution >= 4 is 21.6 Å². The van der Waals surface area contributed by atoms with Crippen molar-refractivity contribution in [2.24, 2.45) is 0 Å². The molecule has 3 rings (SSSR count). The van der Waals surface area contributed by atoms with Gasteiger partial charge in [0, 0.05) is 6.54 Å². The van der Waals surface area contributed by atoms with Crippen LogP contribution in [0.5, 0.6) is 5.75 Å². The molecule has 0 fully saturated rings. The maximum absolute atomic E-state index is 13.4. The molecule has 0 aliphatic rings. The van der Waals surface area contributed by atoms with Crippen LogP contribution in [0.25, 0.3) is 0 Å². The van der Waals surface area contributed by atoms with E-state index in [2.05, 4.69) is 5.32 Å². The van der Waals surface area contributed by atoms with E-state index in [1.807, 2.05) is 38.1 Å². The molecule has 0 aliphatic carbocycles. The van der Waals surface area contributed by atoms with Crippen LogP contribution in [0, 0.1) is 6.92 Å². The molecule has 0 saturated heterocycles. The molecule has 1 N–H and O–H groups in total. The van der Waals surface area contributed by atoms with Gasteiger partial charge in [0.25, 0.3) is 10.0 Å². The second-order valence-corrected chi connectivity index (χ2v) is 8.82. The number of hydrogen-bond donors (Lipinski definition) is 1. The lowest BCUT2D eigenvalue weighted by Crippen LogP contribution is -2.40. The van der Waals surface area contributed by atoms with Crippen LogP contribution in [-0.2, 0) is 21.4 Å². The molecular formula is C24H26N2O4S. The summed E-state index contributed by atoms with van der Waals surface area (Å²) >= 11 is 0. The van der Waals surface area contributed by atoms with Crippen LogP contribution in [0.1, 0.15) is 18.1 Å². The zero-order valence-electron chi connectivity index (χ0n) is 17.6. The quantitative estimate of drug-likeness (QED) is 0.550. The number of para-hydroxylation sites is 1. The molecule has 7 heteroatoms. The van der Waals surface area contributed by atoms with E-state index < -0.39 is 10.0 Å². The highest BCUT2D eigenvalue weighted by Crippen LogP contribution is 2.25. The zero-order chi connectivity index (χ0) is 22.3. The maximum Gasteiger partial charge on any atom is 0.264 e. The van der Waals surface area contributed by atoms with Crippen molar-refractivity contribution in [2.75, 3.05) is 17.5 Å². The van der Waals surface area contributed by atoms with Crippen LogP contribution < -0.4 is 14.4 Å². The van der Waals surface area contributed by atoms with Crippen molar-refractivity contribution in [2.45, 2.75) is 25.3 Å². The minimum atomic E-state index is -3.96. The Hall–Kier alpha value is -3.32. The molecule has 0 heterocycles. The van der Waals surface area contributed by atoms with E-state index in [-0.39, 0.29) is 17.3 Å². The smallest absolute Gasteiger partial charge is 0.264 e. The summed E-state index contributed by atoms with van der Waals surface area (Å²) in [4.78, 5) is 12.8. The highest BCUT2D eigenvalue weighted by atomic mass is 32.2. The van der Waals surface area contributed by atoms with E-state index in [9.17, 15) is 13.2 Å². The molecule has 0 aromatic heterocycles. The molecule has 0 bridgehead atoms. The van der Waals surface area contributed by atoms with Crippen molar-refractivity contribution in [3.05, 3.63) is 90.0 Å². The lowest BCUT2D eigenvalue weighted by molar-refractivity contribution is -0.119. The van der Waals surface area contributed by atoms with Crippen LogP contribution in [0.15, 0.2) is 83.8 Å². The van der Waals surface area contributed by atoms with Crippen molar-refractivity contribution in [3.63, 3.8) is 0 Å². The number of anilines is 1. The summed E-state index contributed by atoms with van der Waals surface area (Å²) in [5, 5.41) is 2.82. The summed E-state index contributed by atoms with van der Waals surface area (Å²) in [6.07, 6.45) is 0. The summed E-state index contributed by atoms with van der Waals surface area (Å²) in [6.45, 7) is 4.32. The Bertz CT molecular complexity index is 1110. The molecule has 3 aromatic rings. The molecule has 6 nitrogen and oxygen atoms in total. The first-order valence-corrected chi connectivity index (χ1v) is 11.5. The van der Waals surface area contributed by atoms with E-state index in [0.717, 1.165) is 15.4 Å². The van der Waals surface area contributed by atoms with Gasteiger partial charge in [-0.1, -0.05) is 42.5 Å². The van der Waals surface area contributed by atoms with Gasteiger partial charge < -0.3 is 10.1 Å². The molecule has 0 unspecified atom stereocenters. The Morgan fingerprint density at radius 2 is 1.58 bits per heavy atom. The van der Waals surface area contributed by atoms with Gasteiger partial charge in [-0.05, 0) is 61.4 Å². The third kappa shape index (κ3) is 5.64. The van der Waals surface area contributed by atoms with Crippen LogP contribution in [0.3, 0.4) is 0 Å². The Morgan fingerprint density at radius 3 is 2.23 bits per heavy atom. The maximum atomic E-state index is 13.4. The number of ether oxygens (including phenoxy) is 1. The predicted molar refractivity (Wildman–Crippen MR) is 122 cm³/mol. The molecule has 0 saturated carbocycles. The number of nitrogens with one attached hydrogen (secondary N) is 1. The summed E-state index contributed by atoms with van der Waals surface area (Å²) in [5.41, 5.74) is 2.46. The van der Waals surface area contributed by atoms with Crippen molar-refractivity contribution < 1.29 is 17.9 Å². The molecule has 0 aliphatic heterocycles. The fourth-order valence-electron chi connectivity index (χ4n) is 3.10. The van der Waals surface area contributed by atoms with Crippen LogP contribution in [-0.4, -0.2) is 27.5 Å². The minimum Gasteiger partial charge on any atom is -0.494 e. The van der Waals surface area contributed by atoms with Gasteiger partial charge >= 0.3 is 0 Å². The Labute approximate surface area is 183 Å². The Balaban J connectivity index is 1.83. The highest BCUT2D eigenvalue weighted by molar-refractivity contribution is 7.92. The molecule has 1 amide bonds. The Kier molecular flexibility index (Phi) is 7.31. The summed E-state index contributed by atoms with van der Waals surface area (Å²) in [6, 6.07) is 22.5. The standard InChI is InChI=1S/C24H26N2O4S/c1-3-30-22-13-15-23(16-14-22)31(28,29)26(21-11-5-4-6-12-21)18-24(27)25-17-20-10-8-7-9-19(20)2/h4-16H,3,17-18H2,1-2H3,(H,25,27). The zero-order valence-corrected chi connectivity index (χ0v) is 18.4. The van der Waals surface area contributed by atoms with Crippen LogP contribution in [0.4, 0.5) is 5.69 Å². The second kappa shape index (κ2) is 10.1. The average molecular weight is 439 g/mol. The number of carbonyl (C=O) groups is 1. The minimum absolute atomic E-state index is 0.0894. The number of benzene rings is 3. The van der Waals surface area contributed by atoms with Gasteiger partial charge in [0.05, 0.1) is 17.2 Å². The number of nitrogens with zero attached hydrogens (tertiary/aromatic N) is 1. The van der Waals surface area contributed by atoms with Crippen LogP contribution in [0.2, 0.25) is 0 Å². The number of aryl methyl sites for hydroxylation is 1. The first-order valence-electron chi connectivity index (χ1n) is 10.0. The molecule has 3 aromatic carbocycles. The van der Waals surface area contributed by atoms with E-state index in [1.54, 1.807) is 42.5 Å². The molecule has 0 radical (unpaired) electrons. The fraction of sp³-hybridized carbons (Fsp3) is 0.208. The van der Waals surface area contributed by atoms with Gasteiger partial charge in [0.1, 0.15) is 12.3 Å².